The van der Waals surface area contributed by atoms with Gasteiger partial charge in [0, 0.05) is 12.1 Å². The molecule has 0 radical (unpaired) electrons. The predicted octanol–water partition coefficient (Wildman–Crippen LogP) is 3.52. The number of nitrogens with zero attached hydrogens (tertiary/aromatic N) is 2. The van der Waals surface area contributed by atoms with Crippen molar-refractivity contribution in [2.75, 3.05) is 25.0 Å². The minimum Gasteiger partial charge on any atom is -0.377 e. The molecule has 1 atom stereocenters. The van der Waals surface area contributed by atoms with Crippen molar-refractivity contribution in [2.45, 2.75) is 39.2 Å². The van der Waals surface area contributed by atoms with Crippen LogP contribution in [0.25, 0.3) is 0 Å². The van der Waals surface area contributed by atoms with Crippen molar-refractivity contribution in [1.82, 2.24) is 4.90 Å². The predicted molar refractivity (Wildman–Crippen MR) is 85.6 cm³/mol. The van der Waals surface area contributed by atoms with Crippen LogP contribution in [0.1, 0.15) is 33.1 Å². The van der Waals surface area contributed by atoms with E-state index >= 15 is 0 Å². The first kappa shape index (κ1) is 15.8. The molecule has 0 bridgehead atoms. The second-order valence-electron chi connectivity index (χ2n) is 5.89. The molecule has 0 amide bonds. The van der Waals surface area contributed by atoms with E-state index in [9.17, 15) is 10.1 Å². The number of nitrogens with one attached hydrogen (secondary N) is 1. The highest BCUT2D eigenvalue weighted by atomic mass is 16.6. The van der Waals surface area contributed by atoms with Crippen LogP contribution in [0.5, 0.6) is 0 Å². The lowest BCUT2D eigenvalue weighted by atomic mass is 9.90. The Balaban J connectivity index is 1.93. The Morgan fingerprint density at radius 2 is 2.05 bits per heavy atom. The number of rotatable bonds is 6. The number of likely N-dealkylation sites (tertiary alicyclic amines) is 1. The molecule has 1 unspecified atom stereocenters. The number of benzene rings is 1. The first-order chi connectivity index (χ1) is 10.1. The molecule has 2 rings (SSSR count). The van der Waals surface area contributed by atoms with E-state index in [0.29, 0.717) is 11.6 Å². The number of nitro groups is 1. The second-order valence-corrected chi connectivity index (χ2v) is 5.89. The van der Waals surface area contributed by atoms with Crippen molar-refractivity contribution in [2.24, 2.45) is 5.92 Å². The molecule has 1 aromatic rings. The molecular formula is C16H25N3O2. The van der Waals surface area contributed by atoms with Crippen molar-refractivity contribution < 1.29 is 4.92 Å². The van der Waals surface area contributed by atoms with Gasteiger partial charge in [-0.05, 0) is 57.8 Å². The number of hydrogen-bond donors (Lipinski definition) is 1. The Labute approximate surface area is 126 Å². The molecule has 1 saturated heterocycles. The Hall–Kier alpha value is -1.62. The molecule has 1 N–H and O–H groups in total. The van der Waals surface area contributed by atoms with Gasteiger partial charge in [-0.2, -0.15) is 0 Å². The first-order valence-corrected chi connectivity index (χ1v) is 7.84. The normalized spacial score (nSPS) is 18.4. The first-order valence-electron chi connectivity index (χ1n) is 7.84. The van der Waals surface area contributed by atoms with E-state index in [1.54, 1.807) is 18.2 Å². The number of anilines is 1. The molecule has 1 aromatic carbocycles. The minimum atomic E-state index is -0.321. The number of hydrogen-bond acceptors (Lipinski definition) is 4. The van der Waals surface area contributed by atoms with Crippen molar-refractivity contribution in [3.8, 4) is 0 Å². The van der Waals surface area contributed by atoms with Gasteiger partial charge in [0.05, 0.1) is 4.92 Å². The van der Waals surface area contributed by atoms with E-state index in [2.05, 4.69) is 24.1 Å². The fraction of sp³-hybridized carbons (Fsp3) is 0.625. The maximum atomic E-state index is 11.1. The zero-order valence-electron chi connectivity index (χ0n) is 12.9. The summed E-state index contributed by atoms with van der Waals surface area (Å²) in [6.07, 6.45) is 3.53. The molecule has 5 nitrogen and oxygen atoms in total. The average molecular weight is 291 g/mol. The summed E-state index contributed by atoms with van der Waals surface area (Å²) in [5.74, 6) is 0.581. The van der Waals surface area contributed by atoms with Crippen molar-refractivity contribution in [3.63, 3.8) is 0 Å². The van der Waals surface area contributed by atoms with Gasteiger partial charge in [0.25, 0.3) is 5.69 Å². The van der Waals surface area contributed by atoms with Crippen LogP contribution < -0.4 is 5.32 Å². The Bertz CT molecular complexity index is 470. The molecular weight excluding hydrogens is 266 g/mol. The lowest BCUT2D eigenvalue weighted by Gasteiger charge is -2.35. The van der Waals surface area contributed by atoms with Gasteiger partial charge in [0.2, 0.25) is 0 Å². The summed E-state index contributed by atoms with van der Waals surface area (Å²) in [5.41, 5.74) is 0.791. The maximum Gasteiger partial charge on any atom is 0.292 e. The van der Waals surface area contributed by atoms with E-state index in [0.717, 1.165) is 25.9 Å². The van der Waals surface area contributed by atoms with Gasteiger partial charge in [0.1, 0.15) is 5.69 Å². The van der Waals surface area contributed by atoms with Gasteiger partial charge in [-0.1, -0.05) is 19.1 Å². The molecule has 1 aliphatic heterocycles. The molecule has 1 aliphatic rings. The topological polar surface area (TPSA) is 58.4 Å². The van der Waals surface area contributed by atoms with Crippen LogP contribution in [-0.4, -0.2) is 35.5 Å². The standard InChI is InChI=1S/C16H25N3O2/c1-3-10-18-11-8-14(9-12-18)13(2)17-15-6-4-5-7-16(15)19(20)21/h4-7,13-14,17H,3,8-12H2,1-2H3. The summed E-state index contributed by atoms with van der Waals surface area (Å²) >= 11 is 0. The highest BCUT2D eigenvalue weighted by Gasteiger charge is 2.25. The van der Waals surface area contributed by atoms with Crippen LogP contribution in [0, 0.1) is 16.0 Å². The molecule has 1 heterocycles. The molecule has 1 fully saturated rings. The summed E-state index contributed by atoms with van der Waals surface area (Å²) in [6.45, 7) is 7.81. The molecule has 0 saturated carbocycles. The van der Waals surface area contributed by atoms with E-state index < -0.39 is 0 Å². The zero-order chi connectivity index (χ0) is 15.2. The van der Waals surface area contributed by atoms with Crippen LogP contribution in [0.3, 0.4) is 0 Å². The largest absolute Gasteiger partial charge is 0.377 e. The summed E-state index contributed by atoms with van der Waals surface area (Å²) < 4.78 is 0. The van der Waals surface area contributed by atoms with Gasteiger partial charge >= 0.3 is 0 Å². The number of para-hydroxylation sites is 2. The van der Waals surface area contributed by atoms with Crippen molar-refractivity contribution in [1.29, 1.82) is 0 Å². The molecule has 0 spiro atoms. The zero-order valence-corrected chi connectivity index (χ0v) is 12.9. The molecule has 0 aromatic heterocycles. The van der Waals surface area contributed by atoms with E-state index in [-0.39, 0.29) is 16.7 Å². The maximum absolute atomic E-state index is 11.1. The lowest BCUT2D eigenvalue weighted by molar-refractivity contribution is -0.384. The van der Waals surface area contributed by atoms with Gasteiger partial charge in [-0.25, -0.2) is 0 Å². The van der Waals surface area contributed by atoms with Gasteiger partial charge in [-0.15, -0.1) is 0 Å². The minimum absolute atomic E-state index is 0.160. The molecule has 5 heteroatoms. The fourth-order valence-corrected chi connectivity index (χ4v) is 3.11. The van der Waals surface area contributed by atoms with Crippen LogP contribution in [0.4, 0.5) is 11.4 Å². The lowest BCUT2D eigenvalue weighted by Crippen LogP contribution is -2.39. The Morgan fingerprint density at radius 1 is 1.38 bits per heavy atom. The average Bonchev–Trinajstić information content (AvgIpc) is 2.48. The summed E-state index contributed by atoms with van der Waals surface area (Å²) in [6, 6.07) is 7.15. The van der Waals surface area contributed by atoms with Gasteiger partial charge in [-0.3, -0.25) is 10.1 Å². The van der Waals surface area contributed by atoms with Crippen LogP contribution in [-0.2, 0) is 0 Å². The number of nitro benzene ring substituents is 1. The quantitative estimate of drug-likeness (QED) is 0.643. The number of piperidine rings is 1. The monoisotopic (exact) mass is 291 g/mol. The Morgan fingerprint density at radius 3 is 2.67 bits per heavy atom. The molecule has 116 valence electrons. The third-order valence-electron chi connectivity index (χ3n) is 4.36. The molecule has 21 heavy (non-hydrogen) atoms. The summed E-state index contributed by atoms with van der Waals surface area (Å²) in [5, 5.41) is 14.4. The third kappa shape index (κ3) is 4.17. The Kier molecular flexibility index (Phi) is 5.56. The van der Waals surface area contributed by atoms with E-state index in [4.69, 9.17) is 0 Å². The van der Waals surface area contributed by atoms with Crippen LogP contribution >= 0.6 is 0 Å². The van der Waals surface area contributed by atoms with Gasteiger partial charge < -0.3 is 10.2 Å². The van der Waals surface area contributed by atoms with E-state index in [1.165, 1.54) is 13.0 Å². The molecule has 0 aliphatic carbocycles. The van der Waals surface area contributed by atoms with Crippen molar-refractivity contribution >= 4 is 11.4 Å². The second kappa shape index (κ2) is 7.41. The summed E-state index contributed by atoms with van der Waals surface area (Å²) in [7, 11) is 0. The highest BCUT2D eigenvalue weighted by molar-refractivity contribution is 5.61. The highest BCUT2D eigenvalue weighted by Crippen LogP contribution is 2.28. The third-order valence-corrected chi connectivity index (χ3v) is 4.36. The smallest absolute Gasteiger partial charge is 0.292 e. The van der Waals surface area contributed by atoms with Crippen LogP contribution in [0.2, 0.25) is 0 Å². The summed E-state index contributed by atoms with van der Waals surface area (Å²) in [4.78, 5) is 13.2. The van der Waals surface area contributed by atoms with Crippen LogP contribution in [0.15, 0.2) is 24.3 Å². The SMILES string of the molecule is CCCN1CCC(C(C)Nc2ccccc2[N+](=O)[O-])CC1. The van der Waals surface area contributed by atoms with Crippen molar-refractivity contribution in [3.05, 3.63) is 34.4 Å². The van der Waals surface area contributed by atoms with Gasteiger partial charge in [0.15, 0.2) is 0 Å². The van der Waals surface area contributed by atoms with E-state index in [1.807, 2.05) is 6.07 Å². The fourth-order valence-electron chi connectivity index (χ4n) is 3.11.